The molecule has 0 fully saturated rings. The number of benzene rings is 2. The quantitative estimate of drug-likeness (QED) is 0.132. The van der Waals surface area contributed by atoms with E-state index in [0.717, 1.165) is 11.4 Å². The summed E-state index contributed by atoms with van der Waals surface area (Å²) in [6.07, 6.45) is 0.665. The second-order valence-electron chi connectivity index (χ2n) is 6.48. The molecule has 152 valence electrons. The van der Waals surface area contributed by atoms with Crippen LogP contribution in [-0.4, -0.2) is 53.9 Å². The van der Waals surface area contributed by atoms with E-state index in [2.05, 4.69) is 16.0 Å². The van der Waals surface area contributed by atoms with Crippen molar-refractivity contribution in [3.63, 3.8) is 0 Å². The second kappa shape index (κ2) is 9.82. The predicted octanol–water partition coefficient (Wildman–Crippen LogP) is 3.22. The van der Waals surface area contributed by atoms with Crippen LogP contribution in [0.3, 0.4) is 0 Å². The average Bonchev–Trinajstić information content (AvgIpc) is 2.70. The van der Waals surface area contributed by atoms with Gasteiger partial charge in [0.1, 0.15) is 17.8 Å². The van der Waals surface area contributed by atoms with Gasteiger partial charge in [0.2, 0.25) is 0 Å². The van der Waals surface area contributed by atoms with Gasteiger partial charge < -0.3 is 40.8 Å². The van der Waals surface area contributed by atoms with E-state index in [1.807, 2.05) is 38.1 Å². The van der Waals surface area contributed by atoms with Crippen LogP contribution in [0.4, 0.5) is 22.7 Å². The van der Waals surface area contributed by atoms with Gasteiger partial charge in [0.25, 0.3) is 0 Å². The van der Waals surface area contributed by atoms with E-state index < -0.39 is 0 Å². The van der Waals surface area contributed by atoms with Crippen LogP contribution in [0.1, 0.15) is 13.8 Å². The smallest absolute Gasteiger partial charge is 0.141 e. The van der Waals surface area contributed by atoms with Crippen LogP contribution >= 0.6 is 0 Å². The maximum Gasteiger partial charge on any atom is 0.141 e. The number of aromatic hydroxyl groups is 2. The van der Waals surface area contributed by atoms with E-state index in [-0.39, 0.29) is 28.4 Å². The zero-order valence-corrected chi connectivity index (χ0v) is 16.2. The van der Waals surface area contributed by atoms with Gasteiger partial charge in [-0.2, -0.15) is 0 Å². The third kappa shape index (κ3) is 5.77. The van der Waals surface area contributed by atoms with Gasteiger partial charge in [-0.15, -0.1) is 0 Å². The van der Waals surface area contributed by atoms with Gasteiger partial charge in [-0.05, 0) is 38.1 Å². The van der Waals surface area contributed by atoms with Crippen LogP contribution in [0.25, 0.3) is 0 Å². The van der Waals surface area contributed by atoms with Crippen LogP contribution < -0.4 is 16.0 Å². The van der Waals surface area contributed by atoms with Crippen molar-refractivity contribution in [3.05, 3.63) is 41.6 Å². The number of phenolic OH excluding ortho intramolecular Hbond substituents is 2. The molecule has 0 aliphatic heterocycles. The molecule has 0 atom stereocenters. The molecule has 0 saturated heterocycles. The monoisotopic (exact) mass is 388 g/mol. The molecular formula is C20H28N4O4. The van der Waals surface area contributed by atoms with Crippen molar-refractivity contribution in [2.75, 3.05) is 48.7 Å². The van der Waals surface area contributed by atoms with E-state index in [0.29, 0.717) is 38.2 Å². The number of rotatable bonds is 11. The number of aldehydes is 1. The zero-order valence-electron chi connectivity index (χ0n) is 16.2. The molecule has 0 heterocycles. The van der Waals surface area contributed by atoms with Crippen molar-refractivity contribution in [3.8, 4) is 11.5 Å². The van der Waals surface area contributed by atoms with Crippen molar-refractivity contribution in [2.45, 2.75) is 13.8 Å². The summed E-state index contributed by atoms with van der Waals surface area (Å²) in [7, 11) is 0. The van der Waals surface area contributed by atoms with E-state index >= 15 is 0 Å². The Kier molecular flexibility index (Phi) is 7.48. The molecular weight excluding hydrogens is 360 g/mol. The van der Waals surface area contributed by atoms with Gasteiger partial charge in [-0.1, -0.05) is 0 Å². The number of hydroxylamine groups is 3. The summed E-state index contributed by atoms with van der Waals surface area (Å²) in [5.41, 5.74) is 2.24. The fourth-order valence-electron chi connectivity index (χ4n) is 2.74. The van der Waals surface area contributed by atoms with Gasteiger partial charge in [-0.25, -0.2) is 0 Å². The maximum absolute atomic E-state index is 12.3. The molecule has 0 spiro atoms. The maximum atomic E-state index is 12.3. The topological polar surface area (TPSA) is 117 Å². The Labute approximate surface area is 165 Å². The van der Waals surface area contributed by atoms with Crippen molar-refractivity contribution in [1.29, 1.82) is 0 Å². The van der Waals surface area contributed by atoms with Crippen LogP contribution in [0.2, 0.25) is 0 Å². The third-order valence-corrected chi connectivity index (χ3v) is 4.65. The fraction of sp³-hybridized carbons (Fsp3) is 0.350. The van der Waals surface area contributed by atoms with E-state index in [1.165, 1.54) is 12.1 Å². The molecule has 2 aromatic carbocycles. The van der Waals surface area contributed by atoms with E-state index in [4.69, 9.17) is 0 Å². The summed E-state index contributed by atoms with van der Waals surface area (Å²) in [6.45, 7) is 6.04. The number of hydrogen-bond donors (Lipinski definition) is 5. The Bertz CT molecular complexity index is 777. The zero-order chi connectivity index (χ0) is 20.6. The Balaban J connectivity index is 1.97. The average molecular weight is 388 g/mol. The largest absolute Gasteiger partial charge is 0.633 e. The number of phenols is 2. The highest BCUT2D eigenvalue weighted by atomic mass is 16.5. The minimum absolute atomic E-state index is 0.0388. The van der Waals surface area contributed by atoms with Crippen LogP contribution in [0, 0.1) is 5.21 Å². The van der Waals surface area contributed by atoms with Gasteiger partial charge in [0, 0.05) is 23.5 Å². The second-order valence-corrected chi connectivity index (χ2v) is 6.48. The number of carbonyl (C=O) groups excluding carboxylic acids is 1. The lowest BCUT2D eigenvalue weighted by atomic mass is 10.2. The Morgan fingerprint density at radius 3 is 2.14 bits per heavy atom. The summed E-state index contributed by atoms with van der Waals surface area (Å²) in [4.78, 5) is 10.4. The van der Waals surface area contributed by atoms with E-state index in [1.54, 1.807) is 0 Å². The van der Waals surface area contributed by atoms with Crippen molar-refractivity contribution in [2.24, 2.45) is 0 Å². The molecule has 0 radical (unpaired) electrons. The molecule has 0 aromatic heterocycles. The molecule has 0 bridgehead atoms. The highest BCUT2D eigenvalue weighted by Gasteiger charge is 2.11. The molecule has 0 unspecified atom stereocenters. The molecule has 0 amide bonds. The first-order valence-corrected chi connectivity index (χ1v) is 9.32. The molecule has 5 N–H and O–H groups in total. The first-order valence-electron chi connectivity index (χ1n) is 9.32. The van der Waals surface area contributed by atoms with Crippen molar-refractivity contribution >= 4 is 29.0 Å². The Morgan fingerprint density at radius 1 is 0.964 bits per heavy atom. The summed E-state index contributed by atoms with van der Waals surface area (Å²) in [6, 6.07) is 10.1. The molecule has 2 aromatic rings. The number of hydrogen-bond acceptors (Lipinski definition) is 7. The SMILES string of the molecule is CC[N+]([O-])(CC)CCNc1ccc(Nc2cc(O)c(NCC=O)cc2O)cc1. The molecule has 28 heavy (non-hydrogen) atoms. The summed E-state index contributed by atoms with van der Waals surface area (Å²) < 4.78 is -0.215. The minimum atomic E-state index is -0.215. The first-order chi connectivity index (χ1) is 13.4. The normalized spacial score (nSPS) is 11.1. The fourth-order valence-corrected chi connectivity index (χ4v) is 2.74. The van der Waals surface area contributed by atoms with E-state index in [9.17, 15) is 20.2 Å². The molecule has 8 nitrogen and oxygen atoms in total. The molecule has 8 heteroatoms. The number of carbonyl (C=O) groups is 1. The van der Waals surface area contributed by atoms with Crippen molar-refractivity contribution < 1.29 is 19.7 Å². The third-order valence-electron chi connectivity index (χ3n) is 4.65. The lowest BCUT2D eigenvalue weighted by Gasteiger charge is -2.41. The van der Waals surface area contributed by atoms with Gasteiger partial charge in [0.05, 0.1) is 44.1 Å². The highest BCUT2D eigenvalue weighted by Crippen LogP contribution is 2.36. The number of quaternary nitrogens is 1. The highest BCUT2D eigenvalue weighted by molar-refractivity contribution is 5.75. The molecule has 0 aliphatic rings. The predicted molar refractivity (Wildman–Crippen MR) is 112 cm³/mol. The van der Waals surface area contributed by atoms with Crippen LogP contribution in [0.5, 0.6) is 11.5 Å². The number of nitrogens with zero attached hydrogens (tertiary/aromatic N) is 1. The van der Waals surface area contributed by atoms with Crippen LogP contribution in [0.15, 0.2) is 36.4 Å². The number of likely N-dealkylation sites (N-methyl/N-ethyl adjacent to an activating group) is 1. The van der Waals surface area contributed by atoms with Gasteiger partial charge in [-0.3, -0.25) is 0 Å². The summed E-state index contributed by atoms with van der Waals surface area (Å²) >= 11 is 0. The number of anilines is 4. The standard InChI is InChI=1S/C20H28N4O4/c1-3-24(28,4-2)11-9-21-15-5-7-16(8-6-15)23-18-14-19(26)17(13-20(18)27)22-10-12-25/h5-8,12-14,21-23,26-27H,3-4,9-11H2,1-2H3. The lowest BCUT2D eigenvalue weighted by Crippen LogP contribution is -2.44. The molecule has 0 saturated carbocycles. The first kappa shape index (κ1) is 21.3. The van der Waals surface area contributed by atoms with Gasteiger partial charge >= 0.3 is 0 Å². The summed E-state index contributed by atoms with van der Waals surface area (Å²) in [5.74, 6) is -0.136. The molecule has 0 aliphatic carbocycles. The number of nitrogens with one attached hydrogen (secondary N) is 3. The Hall–Kier alpha value is -2.97. The van der Waals surface area contributed by atoms with Gasteiger partial charge in [0.15, 0.2) is 0 Å². The summed E-state index contributed by atoms with van der Waals surface area (Å²) in [5, 5.41) is 41.4. The Morgan fingerprint density at radius 2 is 1.54 bits per heavy atom. The van der Waals surface area contributed by atoms with Crippen LogP contribution in [-0.2, 0) is 4.79 Å². The van der Waals surface area contributed by atoms with Crippen molar-refractivity contribution in [1.82, 2.24) is 0 Å². The minimum Gasteiger partial charge on any atom is -0.633 e. The molecule has 2 rings (SSSR count). The lowest BCUT2D eigenvalue weighted by molar-refractivity contribution is -0.875.